The first-order valence-electron chi connectivity index (χ1n) is 11.4. The highest BCUT2D eigenvalue weighted by atomic mass is 16.2. The Labute approximate surface area is 189 Å². The minimum absolute atomic E-state index is 0.0597. The summed E-state index contributed by atoms with van der Waals surface area (Å²) < 4.78 is 2.02. The lowest BCUT2D eigenvalue weighted by molar-refractivity contribution is -0.135. The van der Waals surface area contributed by atoms with E-state index in [2.05, 4.69) is 0 Å². The smallest absolute Gasteiger partial charge is 0.243 e. The number of imidazole rings is 1. The van der Waals surface area contributed by atoms with Crippen LogP contribution in [0.15, 0.2) is 48.5 Å². The van der Waals surface area contributed by atoms with Gasteiger partial charge in [-0.05, 0) is 58.9 Å². The predicted molar refractivity (Wildman–Crippen MR) is 128 cm³/mol. The molecule has 0 unspecified atom stereocenters. The van der Waals surface area contributed by atoms with Crippen molar-refractivity contribution in [2.45, 2.75) is 65.6 Å². The average molecular weight is 433 g/mol. The highest BCUT2D eigenvalue weighted by molar-refractivity contribution is 5.96. The molecule has 0 radical (unpaired) electrons. The third-order valence-corrected chi connectivity index (χ3v) is 6.21. The summed E-state index contributed by atoms with van der Waals surface area (Å²) in [7, 11) is 0. The molecule has 2 heterocycles. The molecule has 1 aliphatic rings. The van der Waals surface area contributed by atoms with Gasteiger partial charge in [0.2, 0.25) is 11.8 Å². The molecule has 0 N–H and O–H groups in total. The fourth-order valence-corrected chi connectivity index (χ4v) is 4.82. The number of aryl methyl sites for hydroxylation is 1. The molecule has 0 spiro atoms. The number of hydrogen-bond donors (Lipinski definition) is 0. The zero-order valence-corrected chi connectivity index (χ0v) is 19.6. The van der Waals surface area contributed by atoms with Crippen LogP contribution in [0.2, 0.25) is 0 Å². The normalized spacial score (nSPS) is 16.5. The number of anilines is 1. The summed E-state index contributed by atoms with van der Waals surface area (Å²) in [6.07, 6.45) is 0.392. The number of carbonyl (C=O) groups is 2. The van der Waals surface area contributed by atoms with Gasteiger partial charge in [0.05, 0.1) is 11.0 Å². The van der Waals surface area contributed by atoms with Crippen LogP contribution in [-0.2, 0) is 16.1 Å². The van der Waals surface area contributed by atoms with E-state index >= 15 is 0 Å². The van der Waals surface area contributed by atoms with Crippen molar-refractivity contribution in [3.63, 3.8) is 0 Å². The van der Waals surface area contributed by atoms with Crippen LogP contribution in [0.3, 0.4) is 0 Å². The Bertz CT molecular complexity index is 1120. The molecule has 1 saturated heterocycles. The van der Waals surface area contributed by atoms with Crippen molar-refractivity contribution in [2.24, 2.45) is 0 Å². The van der Waals surface area contributed by atoms with Gasteiger partial charge in [0.1, 0.15) is 12.4 Å². The summed E-state index contributed by atoms with van der Waals surface area (Å²) in [5.74, 6) is 0.916. The Morgan fingerprint density at radius 1 is 1.06 bits per heavy atom. The lowest BCUT2D eigenvalue weighted by Gasteiger charge is -2.31. The van der Waals surface area contributed by atoms with Crippen LogP contribution in [-0.4, -0.2) is 44.9 Å². The Kier molecular flexibility index (Phi) is 6.04. The van der Waals surface area contributed by atoms with Gasteiger partial charge in [-0.3, -0.25) is 9.59 Å². The van der Waals surface area contributed by atoms with Gasteiger partial charge in [-0.1, -0.05) is 29.8 Å². The van der Waals surface area contributed by atoms with E-state index in [0.29, 0.717) is 13.0 Å². The number of fused-ring (bicyclic) bond motifs is 1. The zero-order chi connectivity index (χ0) is 23.0. The zero-order valence-electron chi connectivity index (χ0n) is 19.6. The lowest BCUT2D eigenvalue weighted by atomic mass is 10.1. The quantitative estimate of drug-likeness (QED) is 0.576. The van der Waals surface area contributed by atoms with Crippen LogP contribution < -0.4 is 4.90 Å². The molecule has 32 heavy (non-hydrogen) atoms. The molecule has 0 saturated carbocycles. The average Bonchev–Trinajstić information content (AvgIpc) is 3.29. The molecular formula is C26H32N4O2. The number of aromatic nitrogens is 2. The molecule has 6 nitrogen and oxygen atoms in total. The van der Waals surface area contributed by atoms with Gasteiger partial charge in [0, 0.05) is 36.7 Å². The van der Waals surface area contributed by atoms with Gasteiger partial charge >= 0.3 is 0 Å². The van der Waals surface area contributed by atoms with E-state index < -0.39 is 0 Å². The second kappa shape index (κ2) is 8.77. The first-order chi connectivity index (χ1) is 15.3. The molecule has 1 aromatic heterocycles. The number of amides is 2. The summed E-state index contributed by atoms with van der Waals surface area (Å²) in [5, 5.41) is 0. The van der Waals surface area contributed by atoms with Gasteiger partial charge in [-0.25, -0.2) is 4.98 Å². The topological polar surface area (TPSA) is 58.4 Å². The Hall–Kier alpha value is -3.15. The summed E-state index contributed by atoms with van der Waals surface area (Å²) in [6, 6.07) is 16.2. The Balaban J connectivity index is 1.68. The van der Waals surface area contributed by atoms with E-state index in [9.17, 15) is 9.59 Å². The summed E-state index contributed by atoms with van der Waals surface area (Å²) in [5.41, 5.74) is 3.87. The fraction of sp³-hybridized carbons (Fsp3) is 0.423. The van der Waals surface area contributed by atoms with Crippen LogP contribution in [0.25, 0.3) is 11.0 Å². The molecular weight excluding hydrogens is 400 g/mol. The summed E-state index contributed by atoms with van der Waals surface area (Å²) >= 11 is 0. The molecule has 168 valence electrons. The Morgan fingerprint density at radius 3 is 2.38 bits per heavy atom. The van der Waals surface area contributed by atoms with Crippen molar-refractivity contribution in [3.8, 4) is 0 Å². The third kappa shape index (κ3) is 4.14. The predicted octanol–water partition coefficient (Wildman–Crippen LogP) is 4.51. The van der Waals surface area contributed by atoms with E-state index in [1.165, 1.54) is 0 Å². The van der Waals surface area contributed by atoms with Gasteiger partial charge < -0.3 is 14.4 Å². The largest absolute Gasteiger partial charge is 0.336 e. The van der Waals surface area contributed by atoms with Crippen molar-refractivity contribution >= 4 is 28.5 Å². The van der Waals surface area contributed by atoms with Crippen LogP contribution in [0, 0.1) is 6.92 Å². The van der Waals surface area contributed by atoms with Crippen molar-refractivity contribution < 1.29 is 9.59 Å². The Morgan fingerprint density at radius 2 is 1.72 bits per heavy atom. The van der Waals surface area contributed by atoms with Crippen LogP contribution >= 0.6 is 0 Å². The van der Waals surface area contributed by atoms with Gasteiger partial charge in [0.25, 0.3) is 0 Å². The second-order valence-electron chi connectivity index (χ2n) is 9.27. The maximum absolute atomic E-state index is 13.3. The second-order valence-corrected chi connectivity index (χ2v) is 9.27. The van der Waals surface area contributed by atoms with Crippen molar-refractivity contribution in [2.75, 3.05) is 11.4 Å². The van der Waals surface area contributed by atoms with Gasteiger partial charge in [0.15, 0.2) is 0 Å². The molecule has 6 heteroatoms. The van der Waals surface area contributed by atoms with Crippen molar-refractivity contribution in [1.29, 1.82) is 0 Å². The SMILES string of the molecule is Cc1ccc(N2C[C@H](c3nc4ccccc4n3CC(=O)N(C(C)C)C(C)C)CC2=O)cc1. The number of benzene rings is 2. The highest BCUT2D eigenvalue weighted by Gasteiger charge is 2.35. The molecule has 2 amide bonds. The molecule has 3 aromatic rings. The number of carbonyl (C=O) groups excluding carboxylic acids is 2. The molecule has 1 fully saturated rings. The van der Waals surface area contributed by atoms with E-state index in [0.717, 1.165) is 28.1 Å². The van der Waals surface area contributed by atoms with E-state index in [-0.39, 0.29) is 36.4 Å². The lowest BCUT2D eigenvalue weighted by Crippen LogP contribution is -2.44. The van der Waals surface area contributed by atoms with Gasteiger partial charge in [-0.15, -0.1) is 0 Å². The summed E-state index contributed by atoms with van der Waals surface area (Å²) in [4.78, 5) is 34.8. The van der Waals surface area contributed by atoms with E-state index in [1.54, 1.807) is 0 Å². The standard InChI is InChI=1S/C26H32N4O2/c1-17(2)30(18(3)4)25(32)16-29-23-9-7-6-8-22(23)27-26(29)20-14-24(31)28(15-20)21-12-10-19(5)11-13-21/h6-13,17-18,20H,14-16H2,1-5H3/t20-/m1/s1. The highest BCUT2D eigenvalue weighted by Crippen LogP contribution is 2.33. The molecule has 1 atom stereocenters. The summed E-state index contributed by atoms with van der Waals surface area (Å²) in [6.45, 7) is 11.0. The van der Waals surface area contributed by atoms with Crippen molar-refractivity contribution in [1.82, 2.24) is 14.5 Å². The molecule has 0 aliphatic carbocycles. The number of rotatable bonds is 6. The fourth-order valence-electron chi connectivity index (χ4n) is 4.82. The first-order valence-corrected chi connectivity index (χ1v) is 11.4. The number of nitrogens with zero attached hydrogens (tertiary/aromatic N) is 4. The van der Waals surface area contributed by atoms with Crippen LogP contribution in [0.4, 0.5) is 5.69 Å². The third-order valence-electron chi connectivity index (χ3n) is 6.21. The van der Waals surface area contributed by atoms with E-state index in [4.69, 9.17) is 4.98 Å². The van der Waals surface area contributed by atoms with Crippen LogP contribution in [0.5, 0.6) is 0 Å². The minimum atomic E-state index is -0.0597. The molecule has 0 bridgehead atoms. The number of para-hydroxylation sites is 2. The molecule has 4 rings (SSSR count). The first kappa shape index (κ1) is 22.1. The van der Waals surface area contributed by atoms with Crippen molar-refractivity contribution in [3.05, 3.63) is 59.9 Å². The number of hydrogen-bond acceptors (Lipinski definition) is 3. The van der Waals surface area contributed by atoms with Gasteiger partial charge in [-0.2, -0.15) is 0 Å². The molecule has 1 aliphatic heterocycles. The molecule has 2 aromatic carbocycles. The van der Waals surface area contributed by atoms with E-state index in [1.807, 2.05) is 97.5 Å². The maximum Gasteiger partial charge on any atom is 0.243 e. The monoisotopic (exact) mass is 432 g/mol. The minimum Gasteiger partial charge on any atom is -0.336 e. The maximum atomic E-state index is 13.3. The van der Waals surface area contributed by atoms with Crippen LogP contribution in [0.1, 0.15) is 51.4 Å².